The van der Waals surface area contributed by atoms with Gasteiger partial charge < -0.3 is 10.7 Å². The molecule has 2 N–H and O–H groups in total. The molecule has 0 radical (unpaired) electrons. The van der Waals surface area contributed by atoms with Gasteiger partial charge in [-0.1, -0.05) is 54.6 Å². The number of aryl methyl sites for hydroxylation is 1. The van der Waals surface area contributed by atoms with Gasteiger partial charge in [-0.15, -0.1) is 0 Å². The number of hydrogen-bond donors (Lipinski definition) is 2. The van der Waals surface area contributed by atoms with Gasteiger partial charge in [0.1, 0.15) is 0 Å². The van der Waals surface area contributed by atoms with Gasteiger partial charge in [0.25, 0.3) is 0 Å². The predicted octanol–water partition coefficient (Wildman–Crippen LogP) is 6.62. The Morgan fingerprint density at radius 2 is 1.60 bits per heavy atom. The van der Waals surface area contributed by atoms with Gasteiger partial charge in [0.05, 0.1) is 16.9 Å². The minimum absolute atomic E-state index is 0.521. The maximum atomic E-state index is 8.30. The van der Waals surface area contributed by atoms with Crippen molar-refractivity contribution in [3.8, 4) is 5.69 Å². The maximum Gasteiger partial charge on any atom is 0.0765 e. The average Bonchev–Trinajstić information content (AvgIpc) is 3.09. The van der Waals surface area contributed by atoms with Crippen molar-refractivity contribution in [3.05, 3.63) is 96.2 Å². The lowest BCUT2D eigenvalue weighted by Gasteiger charge is -2.14. The van der Waals surface area contributed by atoms with Gasteiger partial charge in [-0.05, 0) is 49.6 Å². The zero-order valence-electron chi connectivity index (χ0n) is 17.0. The molecule has 0 amide bonds. The summed E-state index contributed by atoms with van der Waals surface area (Å²) in [6.07, 6.45) is 0. The third-order valence-electron chi connectivity index (χ3n) is 5.46. The zero-order valence-corrected chi connectivity index (χ0v) is 17.0. The van der Waals surface area contributed by atoms with E-state index in [1.54, 1.807) is 0 Å². The lowest BCUT2D eigenvalue weighted by atomic mass is 10.0. The number of anilines is 2. The summed E-state index contributed by atoms with van der Waals surface area (Å²) in [5.74, 6) is 0. The van der Waals surface area contributed by atoms with E-state index >= 15 is 0 Å². The van der Waals surface area contributed by atoms with Crippen LogP contribution in [0.1, 0.15) is 18.2 Å². The molecule has 0 aliphatic rings. The van der Waals surface area contributed by atoms with Crippen molar-refractivity contribution in [2.24, 2.45) is 0 Å². The van der Waals surface area contributed by atoms with E-state index in [1.807, 2.05) is 48.9 Å². The standard InChI is InChI=1S/C26H22N4/c1-17(27)22-15-23-18(2)29-30(25-14-8-10-19-9-6-7-13-21(19)25)26(23)16-24(22)28-20-11-4-3-5-12-20/h3-16,27-28H,1-2H3. The van der Waals surface area contributed by atoms with Crippen LogP contribution in [-0.4, -0.2) is 15.5 Å². The lowest BCUT2D eigenvalue weighted by Crippen LogP contribution is -2.02. The second-order valence-electron chi connectivity index (χ2n) is 7.53. The fourth-order valence-electron chi connectivity index (χ4n) is 3.98. The fourth-order valence-corrected chi connectivity index (χ4v) is 3.98. The van der Waals surface area contributed by atoms with Crippen molar-refractivity contribution in [2.75, 3.05) is 5.32 Å². The number of nitrogens with zero attached hydrogens (tertiary/aromatic N) is 2. The summed E-state index contributed by atoms with van der Waals surface area (Å²) >= 11 is 0. The smallest absolute Gasteiger partial charge is 0.0765 e. The first kappa shape index (κ1) is 18.1. The Hall–Kier alpha value is -3.92. The molecular formula is C26H22N4. The second kappa shape index (κ2) is 7.16. The van der Waals surface area contributed by atoms with Gasteiger partial charge in [0, 0.05) is 33.4 Å². The molecule has 4 nitrogen and oxygen atoms in total. The van der Waals surface area contributed by atoms with Crippen LogP contribution in [0.4, 0.5) is 11.4 Å². The Balaban J connectivity index is 1.76. The van der Waals surface area contributed by atoms with Crippen molar-refractivity contribution < 1.29 is 0 Å². The van der Waals surface area contributed by atoms with Gasteiger partial charge in [0.2, 0.25) is 0 Å². The summed E-state index contributed by atoms with van der Waals surface area (Å²) in [6, 6.07) is 28.9. The minimum atomic E-state index is 0.521. The van der Waals surface area contributed by atoms with E-state index in [4.69, 9.17) is 10.5 Å². The normalized spacial score (nSPS) is 11.1. The van der Waals surface area contributed by atoms with E-state index in [2.05, 4.69) is 59.9 Å². The number of rotatable bonds is 4. The molecule has 1 aromatic heterocycles. The molecule has 0 atom stereocenters. The van der Waals surface area contributed by atoms with Crippen LogP contribution in [-0.2, 0) is 0 Å². The van der Waals surface area contributed by atoms with E-state index in [0.29, 0.717) is 5.71 Å². The Kier molecular flexibility index (Phi) is 4.32. The third kappa shape index (κ3) is 3.03. The Bertz CT molecular complexity index is 1390. The van der Waals surface area contributed by atoms with Crippen LogP contribution in [0.15, 0.2) is 84.9 Å². The molecule has 4 aromatic carbocycles. The summed E-state index contributed by atoms with van der Waals surface area (Å²) in [7, 11) is 0. The average molecular weight is 390 g/mol. The van der Waals surface area contributed by atoms with E-state index in [-0.39, 0.29) is 0 Å². The first-order valence-corrected chi connectivity index (χ1v) is 10.0. The molecule has 30 heavy (non-hydrogen) atoms. The molecule has 0 fully saturated rings. The summed E-state index contributed by atoms with van der Waals surface area (Å²) in [4.78, 5) is 0. The van der Waals surface area contributed by atoms with Crippen molar-refractivity contribution in [3.63, 3.8) is 0 Å². The Labute approximate surface area is 175 Å². The largest absolute Gasteiger partial charge is 0.355 e. The Morgan fingerprint density at radius 1 is 0.867 bits per heavy atom. The highest BCUT2D eigenvalue weighted by Crippen LogP contribution is 2.32. The number of benzene rings is 4. The number of fused-ring (bicyclic) bond motifs is 2. The molecule has 0 unspecified atom stereocenters. The van der Waals surface area contributed by atoms with Gasteiger partial charge in [-0.2, -0.15) is 5.10 Å². The minimum Gasteiger partial charge on any atom is -0.355 e. The van der Waals surface area contributed by atoms with Crippen molar-refractivity contribution in [2.45, 2.75) is 13.8 Å². The highest BCUT2D eigenvalue weighted by Gasteiger charge is 2.16. The summed E-state index contributed by atoms with van der Waals surface area (Å²) < 4.78 is 2.02. The van der Waals surface area contributed by atoms with Crippen LogP contribution in [0.2, 0.25) is 0 Å². The fraction of sp³-hybridized carbons (Fsp3) is 0.0769. The van der Waals surface area contributed by atoms with E-state index in [9.17, 15) is 0 Å². The second-order valence-corrected chi connectivity index (χ2v) is 7.53. The topological polar surface area (TPSA) is 53.7 Å². The Morgan fingerprint density at radius 3 is 2.40 bits per heavy atom. The molecular weight excluding hydrogens is 368 g/mol. The monoisotopic (exact) mass is 390 g/mol. The van der Waals surface area contributed by atoms with E-state index < -0.39 is 0 Å². The molecule has 0 saturated carbocycles. The van der Waals surface area contributed by atoms with Gasteiger partial charge in [-0.25, -0.2) is 4.68 Å². The molecule has 5 rings (SSSR count). The highest BCUT2D eigenvalue weighted by molar-refractivity contribution is 6.06. The quantitative estimate of drug-likeness (QED) is 0.339. The molecule has 146 valence electrons. The van der Waals surface area contributed by atoms with E-state index in [1.165, 1.54) is 5.39 Å². The van der Waals surface area contributed by atoms with Crippen LogP contribution >= 0.6 is 0 Å². The van der Waals surface area contributed by atoms with Crippen LogP contribution in [0.3, 0.4) is 0 Å². The van der Waals surface area contributed by atoms with Crippen LogP contribution in [0.5, 0.6) is 0 Å². The zero-order chi connectivity index (χ0) is 20.7. The SMILES string of the molecule is CC(=N)c1cc2c(C)nn(-c3cccc4ccccc34)c2cc1Nc1ccccc1. The molecule has 4 heteroatoms. The predicted molar refractivity (Wildman–Crippen MR) is 126 cm³/mol. The van der Waals surface area contributed by atoms with E-state index in [0.717, 1.165) is 44.6 Å². The first-order chi connectivity index (χ1) is 14.6. The highest BCUT2D eigenvalue weighted by atomic mass is 15.3. The van der Waals surface area contributed by atoms with Crippen molar-refractivity contribution in [1.29, 1.82) is 5.41 Å². The lowest BCUT2D eigenvalue weighted by molar-refractivity contribution is 0.896. The number of hydrogen-bond acceptors (Lipinski definition) is 3. The molecule has 0 bridgehead atoms. The van der Waals surface area contributed by atoms with Crippen LogP contribution in [0.25, 0.3) is 27.4 Å². The van der Waals surface area contributed by atoms with Crippen molar-refractivity contribution >= 4 is 38.8 Å². The number of nitrogens with one attached hydrogen (secondary N) is 2. The third-order valence-corrected chi connectivity index (χ3v) is 5.46. The maximum absolute atomic E-state index is 8.30. The summed E-state index contributed by atoms with van der Waals surface area (Å²) in [6.45, 7) is 3.85. The molecule has 5 aromatic rings. The van der Waals surface area contributed by atoms with Gasteiger partial charge in [-0.3, -0.25) is 0 Å². The van der Waals surface area contributed by atoms with Crippen LogP contribution in [0, 0.1) is 12.3 Å². The van der Waals surface area contributed by atoms with Gasteiger partial charge in [0.15, 0.2) is 0 Å². The summed E-state index contributed by atoms with van der Waals surface area (Å²) in [5, 5.41) is 20.1. The molecule has 0 saturated heterocycles. The molecule has 0 spiro atoms. The molecule has 0 aliphatic carbocycles. The molecule has 1 heterocycles. The number of para-hydroxylation sites is 1. The summed E-state index contributed by atoms with van der Waals surface area (Å²) in [5.41, 5.74) is 6.32. The van der Waals surface area contributed by atoms with Gasteiger partial charge >= 0.3 is 0 Å². The molecule has 0 aliphatic heterocycles. The van der Waals surface area contributed by atoms with Crippen molar-refractivity contribution in [1.82, 2.24) is 9.78 Å². The first-order valence-electron chi connectivity index (χ1n) is 10.0. The van der Waals surface area contributed by atoms with Crippen LogP contribution < -0.4 is 5.32 Å². The number of aromatic nitrogens is 2.